The lowest BCUT2D eigenvalue weighted by Gasteiger charge is -2.14. The highest BCUT2D eigenvalue weighted by molar-refractivity contribution is 9.10. The van der Waals surface area contributed by atoms with Crippen LogP contribution in [0, 0.1) is 5.92 Å². The van der Waals surface area contributed by atoms with Gasteiger partial charge < -0.3 is 10.1 Å². The molecule has 2 aromatic rings. The molecule has 1 amide bonds. The minimum Gasteiger partial charge on any atom is -0.492 e. The van der Waals surface area contributed by atoms with Crippen molar-refractivity contribution in [1.82, 2.24) is 10.3 Å². The smallest absolute Gasteiger partial charge is 0.261 e. The number of hydrogen-bond acceptors (Lipinski definition) is 4. The van der Waals surface area contributed by atoms with Gasteiger partial charge in [-0.2, -0.15) is 0 Å². The molecule has 0 bridgehead atoms. The lowest BCUT2D eigenvalue weighted by atomic mass is 10.2. The van der Waals surface area contributed by atoms with Crippen LogP contribution in [0.3, 0.4) is 0 Å². The number of nitrogens with one attached hydrogen (secondary N) is 2. The number of halogens is 2. The first kappa shape index (κ1) is 19.6. The SMILES string of the molecule is CC(C)COc1ccc(Br)cc1C(=O)NC(=S)Nc1ccc(Cl)nc1. The van der Waals surface area contributed by atoms with Crippen molar-refractivity contribution in [2.75, 3.05) is 11.9 Å². The minimum atomic E-state index is -0.362. The monoisotopic (exact) mass is 441 g/mol. The third-order valence-electron chi connectivity index (χ3n) is 2.97. The van der Waals surface area contributed by atoms with Gasteiger partial charge in [0.15, 0.2) is 5.11 Å². The van der Waals surface area contributed by atoms with E-state index in [1.54, 1.807) is 24.3 Å². The maximum Gasteiger partial charge on any atom is 0.261 e. The van der Waals surface area contributed by atoms with Crippen LogP contribution < -0.4 is 15.4 Å². The molecule has 1 aromatic carbocycles. The number of amides is 1. The first-order valence-electron chi connectivity index (χ1n) is 7.51. The van der Waals surface area contributed by atoms with Crippen molar-refractivity contribution < 1.29 is 9.53 Å². The second kappa shape index (κ2) is 9.12. The van der Waals surface area contributed by atoms with Crippen molar-refractivity contribution in [3.8, 4) is 5.75 Å². The predicted molar refractivity (Wildman–Crippen MR) is 107 cm³/mol. The number of pyridine rings is 1. The molecule has 132 valence electrons. The van der Waals surface area contributed by atoms with Crippen molar-refractivity contribution in [2.24, 2.45) is 5.92 Å². The molecular weight excluding hydrogens is 426 g/mol. The van der Waals surface area contributed by atoms with E-state index in [-0.39, 0.29) is 11.0 Å². The second-order valence-electron chi connectivity index (χ2n) is 5.62. The van der Waals surface area contributed by atoms with Gasteiger partial charge in [-0.15, -0.1) is 0 Å². The molecule has 0 saturated carbocycles. The van der Waals surface area contributed by atoms with Gasteiger partial charge in [0.05, 0.1) is 24.1 Å². The fourth-order valence-electron chi connectivity index (χ4n) is 1.84. The molecule has 0 aliphatic carbocycles. The van der Waals surface area contributed by atoms with Crippen LogP contribution in [0.2, 0.25) is 5.15 Å². The van der Waals surface area contributed by atoms with Gasteiger partial charge in [-0.25, -0.2) is 4.98 Å². The first-order valence-corrected chi connectivity index (χ1v) is 9.09. The number of rotatable bonds is 5. The topological polar surface area (TPSA) is 63.2 Å². The average Bonchev–Trinajstić information content (AvgIpc) is 2.55. The van der Waals surface area contributed by atoms with Crippen LogP contribution in [0.25, 0.3) is 0 Å². The highest BCUT2D eigenvalue weighted by atomic mass is 79.9. The molecule has 0 unspecified atom stereocenters. The number of anilines is 1. The molecule has 1 heterocycles. The maximum atomic E-state index is 12.5. The van der Waals surface area contributed by atoms with Gasteiger partial charge >= 0.3 is 0 Å². The number of thiocarbonyl (C=S) groups is 1. The Morgan fingerprint density at radius 2 is 2.12 bits per heavy atom. The number of nitrogens with zero attached hydrogens (tertiary/aromatic N) is 1. The summed E-state index contributed by atoms with van der Waals surface area (Å²) in [5.41, 5.74) is 1.02. The molecule has 0 radical (unpaired) electrons. The van der Waals surface area contributed by atoms with Gasteiger partial charge in [0.1, 0.15) is 10.9 Å². The molecule has 2 N–H and O–H groups in total. The third kappa shape index (κ3) is 6.26. The van der Waals surface area contributed by atoms with Crippen LogP contribution >= 0.6 is 39.7 Å². The van der Waals surface area contributed by atoms with E-state index in [2.05, 4.69) is 31.5 Å². The zero-order valence-electron chi connectivity index (χ0n) is 13.7. The van der Waals surface area contributed by atoms with Crippen LogP contribution in [-0.4, -0.2) is 22.6 Å². The Kier molecular flexibility index (Phi) is 7.16. The number of carbonyl (C=O) groups excluding carboxylic acids is 1. The van der Waals surface area contributed by atoms with Crippen molar-refractivity contribution in [3.05, 3.63) is 51.7 Å². The Morgan fingerprint density at radius 1 is 1.36 bits per heavy atom. The average molecular weight is 443 g/mol. The summed E-state index contributed by atoms with van der Waals surface area (Å²) in [5.74, 6) is 0.490. The number of benzene rings is 1. The van der Waals surface area contributed by atoms with Crippen LogP contribution in [0.5, 0.6) is 5.75 Å². The molecule has 1 aromatic heterocycles. The van der Waals surface area contributed by atoms with E-state index in [1.165, 1.54) is 6.20 Å². The Bertz CT molecular complexity index is 769. The zero-order valence-corrected chi connectivity index (χ0v) is 16.8. The fraction of sp³-hybridized carbons (Fsp3) is 0.235. The molecule has 25 heavy (non-hydrogen) atoms. The van der Waals surface area contributed by atoms with Crippen molar-refractivity contribution in [1.29, 1.82) is 0 Å². The van der Waals surface area contributed by atoms with E-state index in [1.807, 2.05) is 19.9 Å². The molecule has 5 nitrogen and oxygen atoms in total. The summed E-state index contributed by atoms with van der Waals surface area (Å²) in [4.78, 5) is 16.5. The van der Waals surface area contributed by atoms with Gasteiger partial charge in [-0.1, -0.05) is 41.4 Å². The van der Waals surface area contributed by atoms with E-state index in [9.17, 15) is 4.79 Å². The first-order chi connectivity index (χ1) is 11.8. The molecule has 8 heteroatoms. The summed E-state index contributed by atoms with van der Waals surface area (Å²) in [6.07, 6.45) is 1.52. The summed E-state index contributed by atoms with van der Waals surface area (Å²) < 4.78 is 6.49. The van der Waals surface area contributed by atoms with Gasteiger partial charge in [-0.3, -0.25) is 10.1 Å². The van der Waals surface area contributed by atoms with E-state index in [0.29, 0.717) is 34.7 Å². The number of ether oxygens (including phenoxy) is 1. The summed E-state index contributed by atoms with van der Waals surface area (Å²) in [6.45, 7) is 4.59. The van der Waals surface area contributed by atoms with Gasteiger partial charge in [0.2, 0.25) is 0 Å². The lowest BCUT2D eigenvalue weighted by Crippen LogP contribution is -2.34. The molecule has 0 atom stereocenters. The highest BCUT2D eigenvalue weighted by Gasteiger charge is 2.15. The third-order valence-corrected chi connectivity index (χ3v) is 3.89. The van der Waals surface area contributed by atoms with Gasteiger partial charge in [0, 0.05) is 4.47 Å². The second-order valence-corrected chi connectivity index (χ2v) is 7.33. The van der Waals surface area contributed by atoms with Crippen molar-refractivity contribution in [2.45, 2.75) is 13.8 Å². The predicted octanol–water partition coefficient (Wildman–Crippen LogP) is 4.66. The molecular formula is C17H17BrClN3O2S. The largest absolute Gasteiger partial charge is 0.492 e. The number of hydrogen-bond donors (Lipinski definition) is 2. The summed E-state index contributed by atoms with van der Waals surface area (Å²) in [7, 11) is 0. The van der Waals surface area contributed by atoms with Crippen LogP contribution in [0.1, 0.15) is 24.2 Å². The molecule has 0 saturated heterocycles. The maximum absolute atomic E-state index is 12.5. The van der Waals surface area contributed by atoms with Crippen LogP contribution in [0.4, 0.5) is 5.69 Å². The van der Waals surface area contributed by atoms with Gasteiger partial charge in [0.25, 0.3) is 5.91 Å². The Morgan fingerprint density at radius 3 is 2.76 bits per heavy atom. The van der Waals surface area contributed by atoms with Crippen molar-refractivity contribution in [3.63, 3.8) is 0 Å². The van der Waals surface area contributed by atoms with E-state index >= 15 is 0 Å². The van der Waals surface area contributed by atoms with Gasteiger partial charge in [-0.05, 0) is 48.5 Å². The Labute approximate surface area is 165 Å². The fourth-order valence-corrected chi connectivity index (χ4v) is 2.53. The molecule has 0 fully saturated rings. The normalized spacial score (nSPS) is 10.4. The molecule has 2 rings (SSSR count). The number of carbonyl (C=O) groups is 1. The highest BCUT2D eigenvalue weighted by Crippen LogP contribution is 2.24. The van der Waals surface area contributed by atoms with Crippen LogP contribution in [-0.2, 0) is 0 Å². The van der Waals surface area contributed by atoms with Crippen molar-refractivity contribution >= 4 is 56.5 Å². The number of aromatic nitrogens is 1. The molecule has 0 spiro atoms. The van der Waals surface area contributed by atoms with E-state index < -0.39 is 0 Å². The minimum absolute atomic E-state index is 0.156. The zero-order chi connectivity index (χ0) is 18.4. The van der Waals surface area contributed by atoms with E-state index in [0.717, 1.165) is 4.47 Å². The standard InChI is InChI=1S/C17H17BrClN3O2S/c1-10(2)9-24-14-5-3-11(18)7-13(14)16(23)22-17(25)21-12-4-6-15(19)20-8-12/h3-8,10H,9H2,1-2H3,(H2,21,22,23,25). The Balaban J connectivity index is 2.07. The molecule has 0 aliphatic heterocycles. The Hall–Kier alpha value is -1.70. The lowest BCUT2D eigenvalue weighted by molar-refractivity contribution is 0.0973. The summed E-state index contributed by atoms with van der Waals surface area (Å²) in [6, 6.07) is 8.60. The molecule has 0 aliphatic rings. The summed E-state index contributed by atoms with van der Waals surface area (Å²) >= 11 is 14.3. The van der Waals surface area contributed by atoms with Crippen LogP contribution in [0.15, 0.2) is 41.0 Å². The quantitative estimate of drug-likeness (QED) is 0.521. The summed E-state index contributed by atoms with van der Waals surface area (Å²) in [5, 5.41) is 6.05. The van der Waals surface area contributed by atoms with E-state index in [4.69, 9.17) is 28.6 Å².